The van der Waals surface area contributed by atoms with Gasteiger partial charge in [-0.25, -0.2) is 0 Å². The van der Waals surface area contributed by atoms with E-state index in [9.17, 15) is 14.9 Å². The molecule has 0 aliphatic carbocycles. The first kappa shape index (κ1) is 21.8. The van der Waals surface area contributed by atoms with Gasteiger partial charge in [0.15, 0.2) is 6.61 Å². The maximum atomic E-state index is 12.3. The smallest absolute Gasteiger partial charge is 0.269 e. The van der Waals surface area contributed by atoms with Gasteiger partial charge in [0.2, 0.25) is 0 Å². The van der Waals surface area contributed by atoms with E-state index in [-0.39, 0.29) is 18.2 Å². The Balaban J connectivity index is 1.34. The average Bonchev–Trinajstić information content (AvgIpc) is 3.35. The van der Waals surface area contributed by atoms with Crippen molar-refractivity contribution in [1.82, 2.24) is 15.1 Å². The van der Waals surface area contributed by atoms with Gasteiger partial charge >= 0.3 is 0 Å². The van der Waals surface area contributed by atoms with Crippen LogP contribution in [0, 0.1) is 10.1 Å². The van der Waals surface area contributed by atoms with E-state index in [1.54, 1.807) is 6.20 Å². The molecule has 1 aromatic heterocycles. The molecule has 1 N–H and O–H groups in total. The number of aromatic nitrogens is 2. The lowest BCUT2D eigenvalue weighted by atomic mass is 9.98. The molecule has 0 saturated heterocycles. The van der Waals surface area contributed by atoms with Crippen molar-refractivity contribution in [3.8, 4) is 16.9 Å². The second-order valence-corrected chi connectivity index (χ2v) is 7.37. The van der Waals surface area contributed by atoms with E-state index in [1.807, 2.05) is 41.2 Å². The van der Waals surface area contributed by atoms with E-state index in [1.165, 1.54) is 24.3 Å². The molecule has 0 unspecified atom stereocenters. The summed E-state index contributed by atoms with van der Waals surface area (Å²) in [7, 11) is 0. The average molecular weight is 442 g/mol. The van der Waals surface area contributed by atoms with Gasteiger partial charge in [0, 0.05) is 31.1 Å². The molecule has 3 aromatic carbocycles. The molecule has 0 saturated carbocycles. The van der Waals surface area contributed by atoms with E-state index < -0.39 is 4.92 Å². The van der Waals surface area contributed by atoms with Crippen LogP contribution in [0.15, 0.2) is 91.3 Å². The molecule has 0 bridgehead atoms. The number of hydrogen-bond donors (Lipinski definition) is 1. The van der Waals surface area contributed by atoms with Crippen LogP contribution in [0.3, 0.4) is 0 Å². The molecule has 0 aliphatic rings. The Morgan fingerprint density at radius 2 is 1.76 bits per heavy atom. The molecule has 166 valence electrons. The fourth-order valence-corrected chi connectivity index (χ4v) is 3.38. The van der Waals surface area contributed by atoms with Gasteiger partial charge in [0.05, 0.1) is 11.5 Å². The number of ether oxygens (including phenoxy) is 1. The first-order valence-corrected chi connectivity index (χ1v) is 10.4. The van der Waals surface area contributed by atoms with Crippen molar-refractivity contribution >= 4 is 11.6 Å². The summed E-state index contributed by atoms with van der Waals surface area (Å²) in [6, 6.07) is 23.7. The molecule has 0 fully saturated rings. The van der Waals surface area contributed by atoms with Crippen molar-refractivity contribution in [2.75, 3.05) is 6.61 Å². The zero-order chi connectivity index (χ0) is 23.0. The molecule has 1 heterocycles. The van der Waals surface area contributed by atoms with Crippen molar-refractivity contribution in [2.24, 2.45) is 0 Å². The number of non-ortho nitro benzene ring substituents is 1. The summed E-state index contributed by atoms with van der Waals surface area (Å²) < 4.78 is 7.29. The molecule has 1 amide bonds. The van der Waals surface area contributed by atoms with E-state index in [0.29, 0.717) is 18.8 Å². The number of nitro groups is 1. The van der Waals surface area contributed by atoms with Crippen molar-refractivity contribution in [3.05, 3.63) is 112 Å². The van der Waals surface area contributed by atoms with Gasteiger partial charge in [-0.1, -0.05) is 48.5 Å². The maximum Gasteiger partial charge on any atom is 0.269 e. The molecule has 0 spiro atoms. The molecular formula is C25H22N4O4. The largest absolute Gasteiger partial charge is 0.484 e. The van der Waals surface area contributed by atoms with Crippen LogP contribution in [-0.4, -0.2) is 27.2 Å². The number of benzene rings is 3. The third-order valence-corrected chi connectivity index (χ3v) is 5.08. The fraction of sp³-hybridized carbons (Fsp3) is 0.120. The van der Waals surface area contributed by atoms with Gasteiger partial charge in [-0.2, -0.15) is 5.10 Å². The Kier molecular flexibility index (Phi) is 6.75. The predicted molar refractivity (Wildman–Crippen MR) is 124 cm³/mol. The fourth-order valence-electron chi connectivity index (χ4n) is 3.38. The summed E-state index contributed by atoms with van der Waals surface area (Å²) in [5.74, 6) is 0.115. The van der Waals surface area contributed by atoms with Crippen LogP contribution >= 0.6 is 0 Å². The molecule has 0 radical (unpaired) electrons. The standard InChI is InChI=1S/C25H22N4O4/c30-25(18-33-23-12-10-22(11-13-23)29(31)32)26-16-21-4-1-2-5-24(21)20-8-6-19(7-9-20)17-28-15-3-14-27-28/h1-15H,16-18H2,(H,26,30). The minimum Gasteiger partial charge on any atom is -0.484 e. The first-order chi connectivity index (χ1) is 16.1. The predicted octanol–water partition coefficient (Wildman–Crippen LogP) is 4.20. The zero-order valence-electron chi connectivity index (χ0n) is 17.8. The normalized spacial score (nSPS) is 10.5. The van der Waals surface area contributed by atoms with Crippen LogP contribution in [0.25, 0.3) is 11.1 Å². The number of nitrogens with one attached hydrogen (secondary N) is 1. The monoisotopic (exact) mass is 442 g/mol. The van der Waals surface area contributed by atoms with E-state index in [2.05, 4.69) is 34.7 Å². The second kappa shape index (κ2) is 10.2. The van der Waals surface area contributed by atoms with Crippen molar-refractivity contribution < 1.29 is 14.5 Å². The molecule has 0 atom stereocenters. The Morgan fingerprint density at radius 3 is 2.45 bits per heavy atom. The number of hydrogen-bond acceptors (Lipinski definition) is 5. The number of nitrogens with zero attached hydrogens (tertiary/aromatic N) is 3. The van der Waals surface area contributed by atoms with Crippen LogP contribution in [0.4, 0.5) is 5.69 Å². The van der Waals surface area contributed by atoms with Crippen LogP contribution in [0.2, 0.25) is 0 Å². The molecule has 8 heteroatoms. The molecule has 0 aliphatic heterocycles. The Bertz CT molecular complexity index is 1220. The Hall–Kier alpha value is -4.46. The van der Waals surface area contributed by atoms with Crippen molar-refractivity contribution in [1.29, 1.82) is 0 Å². The van der Waals surface area contributed by atoms with Gasteiger partial charge < -0.3 is 10.1 Å². The van der Waals surface area contributed by atoms with E-state index in [0.717, 1.165) is 22.3 Å². The highest BCUT2D eigenvalue weighted by Crippen LogP contribution is 2.24. The van der Waals surface area contributed by atoms with Gasteiger partial charge in [-0.3, -0.25) is 19.6 Å². The third kappa shape index (κ3) is 5.82. The lowest BCUT2D eigenvalue weighted by molar-refractivity contribution is -0.384. The Morgan fingerprint density at radius 1 is 1.00 bits per heavy atom. The van der Waals surface area contributed by atoms with E-state index in [4.69, 9.17) is 4.74 Å². The lowest BCUT2D eigenvalue weighted by Crippen LogP contribution is -2.28. The number of rotatable bonds is 9. The zero-order valence-corrected chi connectivity index (χ0v) is 17.8. The highest BCUT2D eigenvalue weighted by Gasteiger charge is 2.09. The summed E-state index contributed by atoms with van der Waals surface area (Å²) in [5, 5.41) is 17.8. The number of amides is 1. The van der Waals surface area contributed by atoms with Crippen LogP contribution in [0.5, 0.6) is 5.75 Å². The van der Waals surface area contributed by atoms with Gasteiger partial charge in [-0.15, -0.1) is 0 Å². The van der Waals surface area contributed by atoms with E-state index >= 15 is 0 Å². The summed E-state index contributed by atoms with van der Waals surface area (Å²) in [6.45, 7) is 0.884. The van der Waals surface area contributed by atoms with Gasteiger partial charge in [-0.05, 0) is 40.5 Å². The summed E-state index contributed by atoms with van der Waals surface area (Å²) in [5.41, 5.74) is 4.21. The Labute approximate surface area is 190 Å². The summed E-state index contributed by atoms with van der Waals surface area (Å²) in [4.78, 5) is 22.5. The lowest BCUT2D eigenvalue weighted by Gasteiger charge is -2.12. The minimum atomic E-state index is -0.485. The SMILES string of the molecule is O=C(COc1ccc([N+](=O)[O-])cc1)NCc1ccccc1-c1ccc(Cn2cccn2)cc1. The van der Waals surface area contributed by atoms with Crippen LogP contribution < -0.4 is 10.1 Å². The molecule has 4 rings (SSSR count). The highest BCUT2D eigenvalue weighted by molar-refractivity contribution is 5.78. The maximum absolute atomic E-state index is 12.3. The van der Waals surface area contributed by atoms with Crippen molar-refractivity contribution in [3.63, 3.8) is 0 Å². The minimum absolute atomic E-state index is 0.0298. The summed E-state index contributed by atoms with van der Waals surface area (Å²) in [6.07, 6.45) is 3.69. The molecule has 8 nitrogen and oxygen atoms in total. The number of carbonyl (C=O) groups is 1. The van der Waals surface area contributed by atoms with Crippen LogP contribution in [-0.2, 0) is 17.9 Å². The number of carbonyl (C=O) groups excluding carboxylic acids is 1. The second-order valence-electron chi connectivity index (χ2n) is 7.37. The van der Waals surface area contributed by atoms with Gasteiger partial charge in [0.1, 0.15) is 5.75 Å². The number of nitro benzene ring substituents is 1. The third-order valence-electron chi connectivity index (χ3n) is 5.08. The molecular weight excluding hydrogens is 420 g/mol. The molecule has 4 aromatic rings. The molecule has 33 heavy (non-hydrogen) atoms. The topological polar surface area (TPSA) is 99.3 Å². The highest BCUT2D eigenvalue weighted by atomic mass is 16.6. The van der Waals surface area contributed by atoms with Crippen molar-refractivity contribution in [2.45, 2.75) is 13.1 Å². The van der Waals surface area contributed by atoms with Crippen LogP contribution in [0.1, 0.15) is 11.1 Å². The quantitative estimate of drug-likeness (QED) is 0.309. The summed E-state index contributed by atoms with van der Waals surface area (Å²) >= 11 is 0. The first-order valence-electron chi connectivity index (χ1n) is 10.4. The van der Waals surface area contributed by atoms with Gasteiger partial charge in [0.25, 0.3) is 11.6 Å².